The van der Waals surface area contributed by atoms with Gasteiger partial charge >= 0.3 is 10.1 Å². The molecule has 1 aromatic carbocycles. The van der Waals surface area contributed by atoms with Crippen LogP contribution in [0, 0.1) is 6.92 Å². The number of hydrogen-bond donors (Lipinski definition) is 0. The Kier molecular flexibility index (Phi) is 4.09. The molecule has 2 rings (SSSR count). The Labute approximate surface area is 123 Å². The highest BCUT2D eigenvalue weighted by molar-refractivity contribution is 7.86. The summed E-state index contributed by atoms with van der Waals surface area (Å²) in [5, 5.41) is 3.65. The largest absolute Gasteiger partial charge is 0.358 e. The maximum absolute atomic E-state index is 12.0. The number of carbonyl (C=O) groups excluding carboxylic acids is 1. The van der Waals surface area contributed by atoms with E-state index in [9.17, 15) is 13.2 Å². The molecule has 0 saturated carbocycles. The minimum absolute atomic E-state index is 0.0340. The number of allylic oxidation sites excluding steroid dienone is 4. The van der Waals surface area contributed by atoms with Crippen molar-refractivity contribution in [2.75, 3.05) is 0 Å². The Bertz CT molecular complexity index is 768. The van der Waals surface area contributed by atoms with E-state index in [-0.39, 0.29) is 10.7 Å². The number of nitrogens with zero attached hydrogens (tertiary/aromatic N) is 1. The number of benzene rings is 1. The molecule has 0 saturated heterocycles. The van der Waals surface area contributed by atoms with Crippen LogP contribution in [0.5, 0.6) is 0 Å². The summed E-state index contributed by atoms with van der Waals surface area (Å²) in [6.07, 6.45) is 2.90. The number of hydrogen-bond acceptors (Lipinski definition) is 5. The van der Waals surface area contributed by atoms with Crippen LogP contribution in [0.3, 0.4) is 0 Å². The van der Waals surface area contributed by atoms with Crippen molar-refractivity contribution in [2.24, 2.45) is 5.16 Å². The molecule has 0 radical (unpaired) electrons. The van der Waals surface area contributed by atoms with Gasteiger partial charge < -0.3 is 0 Å². The maximum atomic E-state index is 12.0. The zero-order valence-corrected chi connectivity index (χ0v) is 12.8. The van der Waals surface area contributed by atoms with E-state index in [2.05, 4.69) is 5.16 Å². The number of carbonyl (C=O) groups is 1. The standard InChI is InChI=1S/C15H15NO4S/c1-10-4-6-13(7-5-10)21(18,19)20-16-14-8-12(3)15(17)9-11(14)2/h4-9H,1-3H3/b16-14+. The molecular formula is C15H15NO4S. The van der Waals surface area contributed by atoms with Gasteiger partial charge in [-0.25, -0.2) is 0 Å². The summed E-state index contributed by atoms with van der Waals surface area (Å²) in [4.78, 5) is 11.5. The Morgan fingerprint density at radius 3 is 2.19 bits per heavy atom. The maximum Gasteiger partial charge on any atom is 0.358 e. The van der Waals surface area contributed by atoms with Crippen molar-refractivity contribution >= 4 is 21.6 Å². The average molecular weight is 305 g/mol. The third-order valence-corrected chi connectivity index (χ3v) is 4.16. The van der Waals surface area contributed by atoms with E-state index < -0.39 is 10.1 Å². The summed E-state index contributed by atoms with van der Waals surface area (Å²) in [5.74, 6) is -0.118. The van der Waals surface area contributed by atoms with Crippen LogP contribution in [0.2, 0.25) is 0 Å². The summed E-state index contributed by atoms with van der Waals surface area (Å²) < 4.78 is 28.7. The van der Waals surface area contributed by atoms with E-state index in [1.54, 1.807) is 26.0 Å². The molecule has 110 valence electrons. The predicted octanol–water partition coefficient (Wildman–Crippen LogP) is 2.53. The van der Waals surface area contributed by atoms with Gasteiger partial charge in [0.25, 0.3) is 0 Å². The van der Waals surface area contributed by atoms with Gasteiger partial charge in [-0.3, -0.25) is 9.08 Å². The Hall–Kier alpha value is -2.21. The first-order valence-electron chi connectivity index (χ1n) is 6.29. The van der Waals surface area contributed by atoms with E-state index in [0.29, 0.717) is 16.9 Å². The molecule has 1 aromatic rings. The quantitative estimate of drug-likeness (QED) is 0.635. The first kappa shape index (κ1) is 15.2. The molecule has 0 amide bonds. The van der Waals surface area contributed by atoms with Crippen LogP contribution in [-0.2, 0) is 19.2 Å². The molecule has 1 aliphatic carbocycles. The Morgan fingerprint density at radius 1 is 0.952 bits per heavy atom. The van der Waals surface area contributed by atoms with Gasteiger partial charge in [0.15, 0.2) is 5.78 Å². The van der Waals surface area contributed by atoms with Gasteiger partial charge in [0.05, 0.1) is 0 Å². The molecular weight excluding hydrogens is 290 g/mol. The molecule has 0 aromatic heterocycles. The van der Waals surface area contributed by atoms with Crippen LogP contribution in [0.25, 0.3) is 0 Å². The van der Waals surface area contributed by atoms with Gasteiger partial charge in [-0.05, 0) is 56.2 Å². The number of ketones is 1. The highest BCUT2D eigenvalue weighted by atomic mass is 32.2. The second kappa shape index (κ2) is 5.65. The molecule has 6 heteroatoms. The minimum atomic E-state index is -3.96. The fourth-order valence-corrected chi connectivity index (χ4v) is 2.44. The smallest absolute Gasteiger partial charge is 0.290 e. The van der Waals surface area contributed by atoms with Crippen LogP contribution < -0.4 is 0 Å². The van der Waals surface area contributed by atoms with Crippen LogP contribution in [0.15, 0.2) is 57.6 Å². The second-order valence-corrected chi connectivity index (χ2v) is 6.37. The third kappa shape index (κ3) is 3.46. The molecule has 0 unspecified atom stereocenters. The number of aryl methyl sites for hydroxylation is 1. The lowest BCUT2D eigenvalue weighted by atomic mass is 9.99. The highest BCUT2D eigenvalue weighted by Gasteiger charge is 2.18. The summed E-state index contributed by atoms with van der Waals surface area (Å²) in [5.41, 5.74) is 2.31. The molecule has 0 fully saturated rings. The number of oxime groups is 1. The van der Waals surface area contributed by atoms with Crippen LogP contribution in [-0.4, -0.2) is 19.9 Å². The van der Waals surface area contributed by atoms with Crippen molar-refractivity contribution in [1.29, 1.82) is 0 Å². The van der Waals surface area contributed by atoms with Crippen molar-refractivity contribution in [1.82, 2.24) is 0 Å². The van der Waals surface area contributed by atoms with E-state index >= 15 is 0 Å². The zero-order valence-electron chi connectivity index (χ0n) is 12.0. The van der Waals surface area contributed by atoms with E-state index in [0.717, 1.165) is 5.56 Å². The fourth-order valence-electron chi connectivity index (χ4n) is 1.71. The molecule has 0 heterocycles. The lowest BCUT2D eigenvalue weighted by molar-refractivity contribution is -0.111. The highest BCUT2D eigenvalue weighted by Crippen LogP contribution is 2.16. The van der Waals surface area contributed by atoms with Gasteiger partial charge in [0.1, 0.15) is 10.6 Å². The van der Waals surface area contributed by atoms with Gasteiger partial charge in [0, 0.05) is 0 Å². The van der Waals surface area contributed by atoms with E-state index in [1.165, 1.54) is 24.3 Å². The number of rotatable bonds is 3. The lowest BCUT2D eigenvalue weighted by Gasteiger charge is -2.09. The molecule has 21 heavy (non-hydrogen) atoms. The molecule has 0 spiro atoms. The summed E-state index contributed by atoms with van der Waals surface area (Å²) >= 11 is 0. The molecule has 0 bridgehead atoms. The molecule has 1 aliphatic rings. The van der Waals surface area contributed by atoms with Crippen LogP contribution >= 0.6 is 0 Å². The van der Waals surface area contributed by atoms with Crippen LogP contribution in [0.4, 0.5) is 0 Å². The summed E-state index contributed by atoms with van der Waals surface area (Å²) in [6.45, 7) is 5.16. The summed E-state index contributed by atoms with van der Waals surface area (Å²) in [6, 6.07) is 6.27. The van der Waals surface area contributed by atoms with Crippen molar-refractivity contribution in [2.45, 2.75) is 25.7 Å². The fraction of sp³-hybridized carbons (Fsp3) is 0.200. The van der Waals surface area contributed by atoms with E-state index in [4.69, 9.17) is 4.28 Å². The Morgan fingerprint density at radius 2 is 1.57 bits per heavy atom. The molecule has 0 N–H and O–H groups in total. The third-order valence-electron chi connectivity index (χ3n) is 3.04. The van der Waals surface area contributed by atoms with Gasteiger partial charge in [-0.15, -0.1) is 0 Å². The molecule has 0 aliphatic heterocycles. The average Bonchev–Trinajstić information content (AvgIpc) is 2.42. The zero-order chi connectivity index (χ0) is 15.6. The van der Waals surface area contributed by atoms with Crippen molar-refractivity contribution in [3.05, 3.63) is 53.1 Å². The monoisotopic (exact) mass is 305 g/mol. The van der Waals surface area contributed by atoms with Gasteiger partial charge in [-0.1, -0.05) is 22.9 Å². The van der Waals surface area contributed by atoms with Crippen molar-refractivity contribution < 1.29 is 17.5 Å². The van der Waals surface area contributed by atoms with Crippen LogP contribution in [0.1, 0.15) is 19.4 Å². The van der Waals surface area contributed by atoms with Crippen molar-refractivity contribution in [3.8, 4) is 0 Å². The Balaban J connectivity index is 2.26. The molecule has 5 nitrogen and oxygen atoms in total. The normalized spacial score (nSPS) is 17.5. The summed E-state index contributed by atoms with van der Waals surface area (Å²) in [7, 11) is -3.96. The lowest BCUT2D eigenvalue weighted by Crippen LogP contribution is -2.12. The van der Waals surface area contributed by atoms with Gasteiger partial charge in [-0.2, -0.15) is 8.42 Å². The van der Waals surface area contributed by atoms with Gasteiger partial charge in [0.2, 0.25) is 0 Å². The first-order valence-corrected chi connectivity index (χ1v) is 7.70. The topological polar surface area (TPSA) is 72.8 Å². The van der Waals surface area contributed by atoms with Crippen molar-refractivity contribution in [3.63, 3.8) is 0 Å². The first-order chi connectivity index (χ1) is 9.79. The minimum Gasteiger partial charge on any atom is -0.290 e. The predicted molar refractivity (Wildman–Crippen MR) is 79.4 cm³/mol. The molecule has 0 atom stereocenters. The van der Waals surface area contributed by atoms with E-state index in [1.807, 2.05) is 6.92 Å². The second-order valence-electron chi connectivity index (χ2n) is 4.84. The SMILES string of the molecule is CC1=C/C(=N\OS(=O)(=O)c2ccc(C)cc2)C(C)=CC1=O.